The molecule has 0 atom stereocenters. The summed E-state index contributed by atoms with van der Waals surface area (Å²) in [5.74, 6) is 0.779. The number of ether oxygens (including phenoxy) is 1. The van der Waals surface area contributed by atoms with Gasteiger partial charge < -0.3 is 15.2 Å². The van der Waals surface area contributed by atoms with Gasteiger partial charge in [0.15, 0.2) is 0 Å². The molecule has 1 aromatic carbocycles. The Morgan fingerprint density at radius 3 is 2.76 bits per heavy atom. The molecule has 1 aromatic rings. The Morgan fingerprint density at radius 1 is 1.47 bits per heavy atom. The van der Waals surface area contributed by atoms with Crippen LogP contribution in [-0.2, 0) is 0 Å². The Bertz CT molecular complexity index is 388. The summed E-state index contributed by atoms with van der Waals surface area (Å²) < 4.78 is 5.01. The first kappa shape index (κ1) is 13.4. The molecular formula is C13H19NO3. The molecule has 94 valence electrons. The average molecular weight is 237 g/mol. The maximum absolute atomic E-state index is 11.8. The number of nitrogens with one attached hydrogen (secondary N) is 1. The van der Waals surface area contributed by atoms with Crippen LogP contribution in [0.3, 0.4) is 0 Å². The Morgan fingerprint density at radius 2 is 2.18 bits per heavy atom. The van der Waals surface area contributed by atoms with E-state index in [1.54, 1.807) is 6.07 Å². The zero-order valence-electron chi connectivity index (χ0n) is 10.5. The summed E-state index contributed by atoms with van der Waals surface area (Å²) in [5, 5.41) is 12.4. The number of methoxy groups -OCH3 is 1. The summed E-state index contributed by atoms with van der Waals surface area (Å²) in [6.45, 7) is 4.79. The van der Waals surface area contributed by atoms with Gasteiger partial charge in [0.25, 0.3) is 5.91 Å². The van der Waals surface area contributed by atoms with E-state index >= 15 is 0 Å². The minimum absolute atomic E-state index is 0.0344. The van der Waals surface area contributed by atoms with Crippen molar-refractivity contribution in [3.8, 4) is 11.5 Å². The number of phenolic OH excluding ortho intramolecular Hbond substituents is 1. The normalized spacial score (nSPS) is 10.4. The van der Waals surface area contributed by atoms with Gasteiger partial charge >= 0.3 is 0 Å². The molecule has 17 heavy (non-hydrogen) atoms. The number of carbonyl (C=O) groups excluding carboxylic acids is 1. The van der Waals surface area contributed by atoms with Gasteiger partial charge in [-0.05, 0) is 30.5 Å². The maximum atomic E-state index is 11.8. The number of hydrogen-bond donors (Lipinski definition) is 2. The van der Waals surface area contributed by atoms with E-state index in [1.165, 1.54) is 19.2 Å². The predicted octanol–water partition coefficient (Wildman–Crippen LogP) is 2.18. The summed E-state index contributed by atoms with van der Waals surface area (Å²) in [7, 11) is 1.52. The van der Waals surface area contributed by atoms with Crippen LogP contribution in [-0.4, -0.2) is 24.7 Å². The van der Waals surface area contributed by atoms with E-state index in [4.69, 9.17) is 4.74 Å². The van der Waals surface area contributed by atoms with Crippen molar-refractivity contribution in [2.75, 3.05) is 13.7 Å². The molecule has 0 bridgehead atoms. The summed E-state index contributed by atoms with van der Waals surface area (Å²) in [5.41, 5.74) is 0.244. The minimum Gasteiger partial charge on any atom is -0.507 e. The number of amides is 1. The molecule has 1 rings (SSSR count). The first-order valence-electron chi connectivity index (χ1n) is 5.69. The van der Waals surface area contributed by atoms with Gasteiger partial charge in [0.1, 0.15) is 11.5 Å². The molecule has 0 unspecified atom stereocenters. The number of hydrogen-bond acceptors (Lipinski definition) is 3. The van der Waals surface area contributed by atoms with Gasteiger partial charge in [0.2, 0.25) is 0 Å². The van der Waals surface area contributed by atoms with E-state index in [1.807, 2.05) is 0 Å². The molecule has 1 amide bonds. The predicted molar refractivity (Wildman–Crippen MR) is 66.4 cm³/mol. The highest BCUT2D eigenvalue weighted by atomic mass is 16.5. The van der Waals surface area contributed by atoms with E-state index in [9.17, 15) is 9.90 Å². The molecule has 0 radical (unpaired) electrons. The van der Waals surface area contributed by atoms with Gasteiger partial charge in [-0.1, -0.05) is 13.8 Å². The second-order valence-corrected chi connectivity index (χ2v) is 4.32. The minimum atomic E-state index is -0.276. The lowest BCUT2D eigenvalue weighted by Gasteiger charge is -2.09. The van der Waals surface area contributed by atoms with Crippen LogP contribution in [0, 0.1) is 5.92 Å². The summed E-state index contributed by atoms with van der Waals surface area (Å²) >= 11 is 0. The van der Waals surface area contributed by atoms with Crippen molar-refractivity contribution < 1.29 is 14.6 Å². The largest absolute Gasteiger partial charge is 0.507 e. The van der Waals surface area contributed by atoms with Crippen molar-refractivity contribution in [2.45, 2.75) is 20.3 Å². The third-order valence-corrected chi connectivity index (χ3v) is 2.46. The van der Waals surface area contributed by atoms with Gasteiger partial charge in [-0.25, -0.2) is 0 Å². The molecule has 0 aliphatic rings. The Labute approximate surface area is 102 Å². The standard InChI is InChI=1S/C13H19NO3/c1-9(2)6-7-14-13(16)11-8-10(17-3)4-5-12(11)15/h4-5,8-9,15H,6-7H2,1-3H3,(H,14,16). The van der Waals surface area contributed by atoms with Crippen molar-refractivity contribution in [3.05, 3.63) is 23.8 Å². The second-order valence-electron chi connectivity index (χ2n) is 4.32. The molecule has 0 aliphatic carbocycles. The fourth-order valence-electron chi connectivity index (χ4n) is 1.39. The third kappa shape index (κ3) is 3.98. The molecule has 0 spiro atoms. The summed E-state index contributed by atoms with van der Waals surface area (Å²) in [6, 6.07) is 4.59. The Balaban J connectivity index is 2.67. The Kier molecular flexibility index (Phi) is 4.82. The Hall–Kier alpha value is -1.71. The third-order valence-electron chi connectivity index (χ3n) is 2.46. The van der Waals surface area contributed by atoms with Crippen molar-refractivity contribution in [3.63, 3.8) is 0 Å². The van der Waals surface area contributed by atoms with Crippen LogP contribution in [0.1, 0.15) is 30.6 Å². The number of aromatic hydroxyl groups is 1. The molecule has 0 heterocycles. The van der Waals surface area contributed by atoms with E-state index in [2.05, 4.69) is 19.2 Å². The quantitative estimate of drug-likeness (QED) is 0.825. The molecular weight excluding hydrogens is 218 g/mol. The number of phenols is 1. The molecule has 4 nitrogen and oxygen atoms in total. The molecule has 0 saturated carbocycles. The topological polar surface area (TPSA) is 58.6 Å². The van der Waals surface area contributed by atoms with Gasteiger partial charge in [-0.3, -0.25) is 4.79 Å². The maximum Gasteiger partial charge on any atom is 0.255 e. The lowest BCUT2D eigenvalue weighted by Crippen LogP contribution is -2.25. The second kappa shape index (κ2) is 6.13. The smallest absolute Gasteiger partial charge is 0.255 e. The van der Waals surface area contributed by atoms with Crippen LogP contribution < -0.4 is 10.1 Å². The molecule has 0 aromatic heterocycles. The lowest BCUT2D eigenvalue weighted by atomic mass is 10.1. The molecule has 0 saturated heterocycles. The van der Waals surface area contributed by atoms with Gasteiger partial charge in [0, 0.05) is 6.54 Å². The molecule has 2 N–H and O–H groups in total. The lowest BCUT2D eigenvalue weighted by molar-refractivity contribution is 0.0949. The van der Waals surface area contributed by atoms with Crippen molar-refractivity contribution in [2.24, 2.45) is 5.92 Å². The number of carbonyl (C=O) groups is 1. The van der Waals surface area contributed by atoms with Crippen LogP contribution in [0.25, 0.3) is 0 Å². The van der Waals surface area contributed by atoms with Crippen LogP contribution in [0.2, 0.25) is 0 Å². The van der Waals surface area contributed by atoms with Crippen LogP contribution in [0.4, 0.5) is 0 Å². The van der Waals surface area contributed by atoms with Gasteiger partial charge in [-0.2, -0.15) is 0 Å². The monoisotopic (exact) mass is 237 g/mol. The highest BCUT2D eigenvalue weighted by molar-refractivity contribution is 5.97. The fourth-order valence-corrected chi connectivity index (χ4v) is 1.39. The number of rotatable bonds is 5. The molecule has 4 heteroatoms. The van der Waals surface area contributed by atoms with Gasteiger partial charge in [0.05, 0.1) is 12.7 Å². The highest BCUT2D eigenvalue weighted by Crippen LogP contribution is 2.22. The van der Waals surface area contributed by atoms with Gasteiger partial charge in [-0.15, -0.1) is 0 Å². The SMILES string of the molecule is COc1ccc(O)c(C(=O)NCCC(C)C)c1. The average Bonchev–Trinajstić information content (AvgIpc) is 2.29. The van der Waals surface area contributed by atoms with E-state index < -0.39 is 0 Å². The van der Waals surface area contributed by atoms with Crippen LogP contribution >= 0.6 is 0 Å². The number of benzene rings is 1. The molecule has 0 fully saturated rings. The van der Waals surface area contributed by atoms with Crippen molar-refractivity contribution >= 4 is 5.91 Å². The van der Waals surface area contributed by atoms with Crippen LogP contribution in [0.15, 0.2) is 18.2 Å². The van der Waals surface area contributed by atoms with Crippen molar-refractivity contribution in [1.29, 1.82) is 0 Å². The first-order chi connectivity index (χ1) is 8.04. The summed E-state index contributed by atoms with van der Waals surface area (Å²) in [4.78, 5) is 11.8. The summed E-state index contributed by atoms with van der Waals surface area (Å²) in [6.07, 6.45) is 0.913. The van der Waals surface area contributed by atoms with Crippen molar-refractivity contribution in [1.82, 2.24) is 5.32 Å². The fraction of sp³-hybridized carbons (Fsp3) is 0.462. The van der Waals surface area contributed by atoms with E-state index in [0.29, 0.717) is 18.2 Å². The highest BCUT2D eigenvalue weighted by Gasteiger charge is 2.11. The zero-order chi connectivity index (χ0) is 12.8. The zero-order valence-corrected chi connectivity index (χ0v) is 10.5. The first-order valence-corrected chi connectivity index (χ1v) is 5.69. The van der Waals surface area contributed by atoms with Crippen LogP contribution in [0.5, 0.6) is 11.5 Å². The molecule has 0 aliphatic heterocycles. The van der Waals surface area contributed by atoms with E-state index in [-0.39, 0.29) is 17.2 Å². The van der Waals surface area contributed by atoms with E-state index in [0.717, 1.165) is 6.42 Å².